The van der Waals surface area contributed by atoms with Crippen LogP contribution in [-0.2, 0) is 11.5 Å². The Labute approximate surface area is 82.5 Å². The number of fused-ring (bicyclic) bond motifs is 1. The summed E-state index contributed by atoms with van der Waals surface area (Å²) in [6, 6.07) is 4.01. The Bertz CT molecular complexity index is 331. The van der Waals surface area contributed by atoms with Gasteiger partial charge in [0.05, 0.1) is 0 Å². The lowest BCUT2D eigenvalue weighted by Crippen LogP contribution is -1.98. The minimum atomic E-state index is 0.0394. The summed E-state index contributed by atoms with van der Waals surface area (Å²) in [5, 5.41) is 0. The van der Waals surface area contributed by atoms with Gasteiger partial charge in [-0.2, -0.15) is 11.8 Å². The zero-order valence-corrected chi connectivity index (χ0v) is 8.75. The molecule has 0 spiro atoms. The van der Waals surface area contributed by atoms with Crippen molar-refractivity contribution in [3.8, 4) is 0 Å². The minimum Gasteiger partial charge on any atom is -0.206 e. The lowest BCUT2D eigenvalue weighted by atomic mass is 9.97. The van der Waals surface area contributed by atoms with Crippen LogP contribution < -0.4 is 0 Å². The van der Waals surface area contributed by atoms with Gasteiger partial charge in [0.2, 0.25) is 0 Å². The number of halogens is 1. The summed E-state index contributed by atoms with van der Waals surface area (Å²) in [5.41, 5.74) is 2.99. The van der Waals surface area contributed by atoms with Gasteiger partial charge in [-0.25, -0.2) is 4.39 Å². The van der Waals surface area contributed by atoms with E-state index >= 15 is 0 Å². The van der Waals surface area contributed by atoms with E-state index in [1.54, 1.807) is 11.8 Å². The van der Waals surface area contributed by atoms with Crippen molar-refractivity contribution in [3.05, 3.63) is 34.6 Å². The Morgan fingerprint density at radius 2 is 2.08 bits per heavy atom. The van der Waals surface area contributed by atoms with E-state index < -0.39 is 0 Å². The van der Waals surface area contributed by atoms with Crippen LogP contribution >= 0.6 is 11.8 Å². The molecule has 1 aliphatic rings. The molecule has 1 aromatic rings. The molecule has 0 fully saturated rings. The number of hydrogen-bond donors (Lipinski definition) is 0. The summed E-state index contributed by atoms with van der Waals surface area (Å²) in [6.45, 7) is 4.07. The van der Waals surface area contributed by atoms with Gasteiger partial charge in [0, 0.05) is 17.1 Å². The maximum Gasteiger partial charge on any atom is 0.130 e. The van der Waals surface area contributed by atoms with Crippen LogP contribution in [0.2, 0.25) is 0 Å². The topological polar surface area (TPSA) is 0 Å². The molecule has 2 heteroatoms. The maximum atomic E-state index is 13.8. The average molecular weight is 196 g/mol. The van der Waals surface area contributed by atoms with Crippen molar-refractivity contribution in [2.45, 2.75) is 31.3 Å². The Balaban J connectivity index is 2.52. The molecule has 0 unspecified atom stereocenters. The summed E-state index contributed by atoms with van der Waals surface area (Å²) in [5.74, 6) is 2.15. The summed E-state index contributed by atoms with van der Waals surface area (Å²) in [4.78, 5) is 0. The van der Waals surface area contributed by atoms with Crippen molar-refractivity contribution in [2.75, 3.05) is 0 Å². The number of rotatable bonds is 1. The molecule has 0 N–H and O–H groups in total. The second-order valence-electron chi connectivity index (χ2n) is 3.75. The molecule has 1 heterocycles. The molecular weight excluding hydrogens is 183 g/mol. The van der Waals surface area contributed by atoms with Gasteiger partial charge in [0.25, 0.3) is 0 Å². The molecule has 0 atom stereocenters. The Kier molecular flexibility index (Phi) is 2.33. The predicted molar refractivity (Wildman–Crippen MR) is 55.5 cm³/mol. The first kappa shape index (κ1) is 9.07. The van der Waals surface area contributed by atoms with E-state index in [1.807, 2.05) is 19.9 Å². The highest BCUT2D eigenvalue weighted by Crippen LogP contribution is 2.34. The van der Waals surface area contributed by atoms with E-state index in [-0.39, 0.29) is 11.7 Å². The molecule has 2 rings (SSSR count). The fraction of sp³-hybridized carbons (Fsp3) is 0.455. The van der Waals surface area contributed by atoms with Gasteiger partial charge >= 0.3 is 0 Å². The molecule has 0 saturated heterocycles. The van der Waals surface area contributed by atoms with Crippen molar-refractivity contribution in [1.29, 1.82) is 0 Å². The van der Waals surface area contributed by atoms with Crippen molar-refractivity contribution in [1.82, 2.24) is 0 Å². The van der Waals surface area contributed by atoms with Gasteiger partial charge < -0.3 is 0 Å². The van der Waals surface area contributed by atoms with Crippen molar-refractivity contribution >= 4 is 11.8 Å². The van der Waals surface area contributed by atoms with E-state index in [4.69, 9.17) is 0 Å². The third-order valence-electron chi connectivity index (χ3n) is 2.50. The first-order chi connectivity index (χ1) is 6.20. The minimum absolute atomic E-state index is 0.0394. The molecule has 0 radical (unpaired) electrons. The van der Waals surface area contributed by atoms with Gasteiger partial charge in [-0.05, 0) is 17.0 Å². The number of thioether (sulfide) groups is 1. The molecule has 0 saturated carbocycles. The van der Waals surface area contributed by atoms with Crippen LogP contribution in [0.5, 0.6) is 0 Å². The fourth-order valence-corrected chi connectivity index (χ4v) is 2.79. The summed E-state index contributed by atoms with van der Waals surface area (Å²) < 4.78 is 13.8. The largest absolute Gasteiger partial charge is 0.206 e. The predicted octanol–water partition coefficient (Wildman–Crippen LogP) is 3.70. The molecule has 1 aromatic carbocycles. The zero-order valence-electron chi connectivity index (χ0n) is 7.93. The molecule has 1 aliphatic heterocycles. The van der Waals surface area contributed by atoms with Gasteiger partial charge in [-0.1, -0.05) is 26.0 Å². The highest BCUT2D eigenvalue weighted by atomic mass is 32.2. The van der Waals surface area contributed by atoms with E-state index in [2.05, 4.69) is 6.07 Å². The highest BCUT2D eigenvalue weighted by Gasteiger charge is 2.19. The van der Waals surface area contributed by atoms with Crippen LogP contribution in [0.3, 0.4) is 0 Å². The highest BCUT2D eigenvalue weighted by molar-refractivity contribution is 7.98. The van der Waals surface area contributed by atoms with E-state index in [1.165, 1.54) is 5.56 Å². The zero-order chi connectivity index (χ0) is 9.42. The van der Waals surface area contributed by atoms with Gasteiger partial charge in [0.1, 0.15) is 5.82 Å². The molecule has 0 amide bonds. The quantitative estimate of drug-likeness (QED) is 0.660. The van der Waals surface area contributed by atoms with Crippen molar-refractivity contribution in [2.24, 2.45) is 0 Å². The summed E-state index contributed by atoms with van der Waals surface area (Å²) in [6.07, 6.45) is 0. The Hall–Kier alpha value is -0.500. The van der Waals surface area contributed by atoms with E-state index in [9.17, 15) is 4.39 Å². The SMILES string of the molecule is CC(C)c1ccc2c(c1F)CSC2. The van der Waals surface area contributed by atoms with E-state index in [0.717, 1.165) is 22.6 Å². The lowest BCUT2D eigenvalue weighted by molar-refractivity contribution is 0.588. The summed E-state index contributed by atoms with van der Waals surface area (Å²) in [7, 11) is 0. The molecule has 13 heavy (non-hydrogen) atoms. The number of hydrogen-bond acceptors (Lipinski definition) is 1. The smallest absolute Gasteiger partial charge is 0.130 e. The van der Waals surface area contributed by atoms with Gasteiger partial charge in [0.15, 0.2) is 0 Å². The monoisotopic (exact) mass is 196 g/mol. The van der Waals surface area contributed by atoms with Crippen LogP contribution in [0.15, 0.2) is 12.1 Å². The van der Waals surface area contributed by atoms with Crippen LogP contribution in [0.1, 0.15) is 36.5 Å². The third-order valence-corrected chi connectivity index (χ3v) is 3.50. The Morgan fingerprint density at radius 3 is 2.77 bits per heavy atom. The fourth-order valence-electron chi connectivity index (χ4n) is 1.68. The standard InChI is InChI=1S/C11H13FS/c1-7(2)9-4-3-8-5-13-6-10(8)11(9)12/h3-4,7H,5-6H2,1-2H3. The normalized spacial score (nSPS) is 15.1. The Morgan fingerprint density at radius 1 is 1.31 bits per heavy atom. The molecule has 0 aromatic heterocycles. The molecule has 0 aliphatic carbocycles. The summed E-state index contributed by atoms with van der Waals surface area (Å²) >= 11 is 1.80. The van der Waals surface area contributed by atoms with Crippen LogP contribution in [0.4, 0.5) is 4.39 Å². The van der Waals surface area contributed by atoms with Crippen molar-refractivity contribution < 1.29 is 4.39 Å². The van der Waals surface area contributed by atoms with Gasteiger partial charge in [-0.3, -0.25) is 0 Å². The third kappa shape index (κ3) is 1.48. The first-order valence-electron chi connectivity index (χ1n) is 4.58. The van der Waals surface area contributed by atoms with Crippen LogP contribution in [0.25, 0.3) is 0 Å². The van der Waals surface area contributed by atoms with E-state index in [0.29, 0.717) is 0 Å². The average Bonchev–Trinajstić information content (AvgIpc) is 2.52. The maximum absolute atomic E-state index is 13.8. The lowest BCUT2D eigenvalue weighted by Gasteiger charge is -2.09. The number of benzene rings is 1. The first-order valence-corrected chi connectivity index (χ1v) is 5.73. The van der Waals surface area contributed by atoms with Crippen molar-refractivity contribution in [3.63, 3.8) is 0 Å². The molecule has 70 valence electrons. The molecular formula is C11H13FS. The van der Waals surface area contributed by atoms with Crippen LogP contribution in [0, 0.1) is 5.82 Å². The second kappa shape index (κ2) is 3.33. The van der Waals surface area contributed by atoms with Gasteiger partial charge in [-0.15, -0.1) is 0 Å². The molecule has 0 nitrogen and oxygen atoms in total. The van der Waals surface area contributed by atoms with Crippen LogP contribution in [-0.4, -0.2) is 0 Å². The second-order valence-corrected chi connectivity index (χ2v) is 4.74. The molecule has 0 bridgehead atoms.